The van der Waals surface area contributed by atoms with Crippen LogP contribution in [0.5, 0.6) is 0 Å². The Hall–Kier alpha value is -1.80. The fraction of sp³-hybridized carbons (Fsp3) is 0.650. The van der Waals surface area contributed by atoms with Crippen LogP contribution in [0.3, 0.4) is 0 Å². The van der Waals surface area contributed by atoms with Gasteiger partial charge >= 0.3 is 12.2 Å². The number of morpholine rings is 1. The molecule has 0 atom stereocenters. The maximum Gasteiger partial charge on any atom is 0.416 e. The molecular weight excluding hydrogens is 371 g/mol. The molecule has 2 amide bonds. The number of ether oxygens (including phenoxy) is 1. The zero-order valence-corrected chi connectivity index (χ0v) is 16.0. The van der Waals surface area contributed by atoms with Crippen LogP contribution in [0.1, 0.15) is 43.2 Å². The second-order valence-electron chi connectivity index (χ2n) is 7.62. The Bertz CT molecular complexity index is 637. The van der Waals surface area contributed by atoms with Crippen molar-refractivity contribution in [3.63, 3.8) is 0 Å². The van der Waals surface area contributed by atoms with Gasteiger partial charge in [-0.3, -0.25) is 4.90 Å². The molecule has 2 fully saturated rings. The summed E-state index contributed by atoms with van der Waals surface area (Å²) in [6, 6.07) is 4.55. The predicted molar refractivity (Wildman–Crippen MR) is 99.9 cm³/mol. The number of hydrogen-bond donors (Lipinski definition) is 2. The van der Waals surface area contributed by atoms with Gasteiger partial charge in [-0.05, 0) is 30.5 Å². The molecule has 1 aliphatic carbocycles. The summed E-state index contributed by atoms with van der Waals surface area (Å²) in [4.78, 5) is 14.7. The van der Waals surface area contributed by atoms with E-state index in [1.807, 2.05) is 0 Å². The SMILES string of the molecule is O=C(NCc1ccc(C(F)(F)F)cc1)NCC1(N2CCOCC2)CCCCC1. The Labute approximate surface area is 163 Å². The lowest BCUT2D eigenvalue weighted by Crippen LogP contribution is -2.60. The van der Waals surface area contributed by atoms with Crippen LogP contribution in [0, 0.1) is 0 Å². The van der Waals surface area contributed by atoms with Crippen LogP contribution in [-0.4, -0.2) is 49.3 Å². The van der Waals surface area contributed by atoms with E-state index in [0.29, 0.717) is 12.1 Å². The molecule has 28 heavy (non-hydrogen) atoms. The van der Waals surface area contributed by atoms with Crippen LogP contribution in [0.25, 0.3) is 0 Å². The van der Waals surface area contributed by atoms with E-state index < -0.39 is 11.7 Å². The zero-order valence-electron chi connectivity index (χ0n) is 16.0. The maximum absolute atomic E-state index is 12.6. The first-order chi connectivity index (χ1) is 13.4. The molecule has 1 saturated heterocycles. The number of urea groups is 1. The maximum atomic E-state index is 12.6. The van der Waals surface area contributed by atoms with Crippen molar-refractivity contribution in [2.45, 2.75) is 50.4 Å². The molecule has 5 nitrogen and oxygen atoms in total. The fourth-order valence-corrected chi connectivity index (χ4v) is 4.15. The highest BCUT2D eigenvalue weighted by molar-refractivity contribution is 5.73. The summed E-state index contributed by atoms with van der Waals surface area (Å²) in [5.74, 6) is 0. The smallest absolute Gasteiger partial charge is 0.379 e. The van der Waals surface area contributed by atoms with Crippen molar-refractivity contribution in [1.29, 1.82) is 0 Å². The summed E-state index contributed by atoms with van der Waals surface area (Å²) in [5, 5.41) is 5.73. The Morgan fingerprint density at radius 1 is 1.04 bits per heavy atom. The molecule has 0 bridgehead atoms. The number of carbonyl (C=O) groups excluding carboxylic acids is 1. The van der Waals surface area contributed by atoms with Crippen LogP contribution < -0.4 is 10.6 Å². The molecule has 1 aliphatic heterocycles. The lowest BCUT2D eigenvalue weighted by atomic mass is 9.80. The van der Waals surface area contributed by atoms with E-state index >= 15 is 0 Å². The van der Waals surface area contributed by atoms with E-state index in [-0.39, 0.29) is 18.1 Å². The van der Waals surface area contributed by atoms with Crippen LogP contribution >= 0.6 is 0 Å². The minimum Gasteiger partial charge on any atom is -0.379 e. The molecule has 1 aromatic carbocycles. The van der Waals surface area contributed by atoms with Crippen molar-refractivity contribution in [1.82, 2.24) is 15.5 Å². The van der Waals surface area contributed by atoms with Gasteiger partial charge in [-0.1, -0.05) is 31.4 Å². The highest BCUT2D eigenvalue weighted by Gasteiger charge is 2.38. The lowest BCUT2D eigenvalue weighted by Gasteiger charge is -2.48. The summed E-state index contributed by atoms with van der Waals surface area (Å²) >= 11 is 0. The molecule has 0 radical (unpaired) electrons. The molecule has 8 heteroatoms. The molecule has 156 valence electrons. The summed E-state index contributed by atoms with van der Waals surface area (Å²) in [5.41, 5.74) is -0.0811. The number of amides is 2. The first-order valence-corrected chi connectivity index (χ1v) is 9.90. The molecule has 0 aromatic heterocycles. The zero-order chi connectivity index (χ0) is 20.0. The third-order valence-corrected chi connectivity index (χ3v) is 5.78. The third-order valence-electron chi connectivity index (χ3n) is 5.78. The molecule has 1 saturated carbocycles. The van der Waals surface area contributed by atoms with Gasteiger partial charge in [-0.25, -0.2) is 4.79 Å². The number of nitrogens with zero attached hydrogens (tertiary/aromatic N) is 1. The number of benzene rings is 1. The highest BCUT2D eigenvalue weighted by Crippen LogP contribution is 2.34. The summed E-state index contributed by atoms with van der Waals surface area (Å²) in [6.07, 6.45) is 1.32. The molecule has 3 rings (SSSR count). The molecule has 1 heterocycles. The van der Waals surface area contributed by atoms with Crippen LogP contribution in [0.4, 0.5) is 18.0 Å². The summed E-state index contributed by atoms with van der Waals surface area (Å²) in [6.45, 7) is 3.98. The van der Waals surface area contributed by atoms with E-state index in [4.69, 9.17) is 4.74 Å². The summed E-state index contributed by atoms with van der Waals surface area (Å²) in [7, 11) is 0. The Morgan fingerprint density at radius 3 is 2.29 bits per heavy atom. The second-order valence-corrected chi connectivity index (χ2v) is 7.62. The number of nitrogens with one attached hydrogen (secondary N) is 2. The first kappa shape index (κ1) is 20.9. The van der Waals surface area contributed by atoms with E-state index in [1.165, 1.54) is 18.6 Å². The third kappa shape index (κ3) is 5.38. The number of hydrogen-bond acceptors (Lipinski definition) is 3. The molecule has 2 aliphatic rings. The van der Waals surface area contributed by atoms with Crippen molar-refractivity contribution in [2.75, 3.05) is 32.8 Å². The van der Waals surface area contributed by atoms with Crippen LogP contribution in [0.2, 0.25) is 0 Å². The van der Waals surface area contributed by atoms with Crippen molar-refractivity contribution < 1.29 is 22.7 Å². The van der Waals surface area contributed by atoms with Gasteiger partial charge in [0.15, 0.2) is 0 Å². The van der Waals surface area contributed by atoms with Crippen molar-refractivity contribution in [3.05, 3.63) is 35.4 Å². The molecule has 0 unspecified atom stereocenters. The Kier molecular flexibility index (Phi) is 6.82. The van der Waals surface area contributed by atoms with E-state index in [0.717, 1.165) is 64.1 Å². The molecular formula is C20H28F3N3O2. The van der Waals surface area contributed by atoms with Gasteiger partial charge < -0.3 is 15.4 Å². The number of halogens is 3. The Balaban J connectivity index is 1.50. The predicted octanol–water partition coefficient (Wildman–Crippen LogP) is 3.54. The molecule has 2 N–H and O–H groups in total. The minimum absolute atomic E-state index is 0.0201. The molecule has 1 aromatic rings. The monoisotopic (exact) mass is 399 g/mol. The van der Waals surface area contributed by atoms with E-state index in [9.17, 15) is 18.0 Å². The minimum atomic E-state index is -4.35. The van der Waals surface area contributed by atoms with Crippen molar-refractivity contribution >= 4 is 6.03 Å². The van der Waals surface area contributed by atoms with Crippen molar-refractivity contribution in [2.24, 2.45) is 0 Å². The highest BCUT2D eigenvalue weighted by atomic mass is 19.4. The number of carbonyl (C=O) groups is 1. The average Bonchev–Trinajstić information content (AvgIpc) is 2.72. The number of alkyl halides is 3. The molecule has 0 spiro atoms. The summed E-state index contributed by atoms with van der Waals surface area (Å²) < 4.78 is 43.3. The van der Waals surface area contributed by atoms with Gasteiger partial charge in [-0.15, -0.1) is 0 Å². The normalized spacial score (nSPS) is 20.5. The second kappa shape index (κ2) is 9.13. The van der Waals surface area contributed by atoms with Gasteiger partial charge in [0.25, 0.3) is 0 Å². The van der Waals surface area contributed by atoms with E-state index in [2.05, 4.69) is 15.5 Å². The quantitative estimate of drug-likeness (QED) is 0.796. The standard InChI is InChI=1S/C20H28F3N3O2/c21-20(22,23)17-6-4-16(5-7-17)14-24-18(27)25-15-19(8-2-1-3-9-19)26-10-12-28-13-11-26/h4-7H,1-3,8-15H2,(H2,24,25,27). The van der Waals surface area contributed by atoms with E-state index in [1.54, 1.807) is 0 Å². The fourth-order valence-electron chi connectivity index (χ4n) is 4.15. The van der Waals surface area contributed by atoms with Gasteiger partial charge in [0.1, 0.15) is 0 Å². The largest absolute Gasteiger partial charge is 0.416 e. The Morgan fingerprint density at radius 2 is 1.68 bits per heavy atom. The first-order valence-electron chi connectivity index (χ1n) is 9.90. The van der Waals surface area contributed by atoms with Gasteiger partial charge in [0.05, 0.1) is 18.8 Å². The van der Waals surface area contributed by atoms with Gasteiger partial charge in [0, 0.05) is 31.7 Å². The van der Waals surface area contributed by atoms with Crippen molar-refractivity contribution in [3.8, 4) is 0 Å². The topological polar surface area (TPSA) is 53.6 Å². The average molecular weight is 399 g/mol. The lowest BCUT2D eigenvalue weighted by molar-refractivity contribution is -0.137. The van der Waals surface area contributed by atoms with Gasteiger partial charge in [0.2, 0.25) is 0 Å². The number of rotatable bonds is 5. The van der Waals surface area contributed by atoms with Gasteiger partial charge in [-0.2, -0.15) is 13.2 Å². The van der Waals surface area contributed by atoms with Crippen LogP contribution in [0.15, 0.2) is 24.3 Å². The van der Waals surface area contributed by atoms with Crippen LogP contribution in [-0.2, 0) is 17.5 Å².